The van der Waals surface area contributed by atoms with Crippen LogP contribution in [0.3, 0.4) is 0 Å². The number of benzene rings is 2. The van der Waals surface area contributed by atoms with Crippen LogP contribution >= 0.6 is 0 Å². The monoisotopic (exact) mass is 372 g/mol. The van der Waals surface area contributed by atoms with Crippen LogP contribution < -0.4 is 9.47 Å². The van der Waals surface area contributed by atoms with Gasteiger partial charge < -0.3 is 13.9 Å². The molecule has 4 heteroatoms. The molecule has 3 aromatic rings. The van der Waals surface area contributed by atoms with Crippen molar-refractivity contribution in [3.05, 3.63) is 94.6 Å². The Labute approximate surface area is 163 Å². The summed E-state index contributed by atoms with van der Waals surface area (Å²) in [5.74, 6) is 2.72. The molecule has 28 heavy (non-hydrogen) atoms. The Morgan fingerprint density at radius 3 is 2.57 bits per heavy atom. The molecule has 4 rings (SSSR count). The Balaban J connectivity index is 1.49. The van der Waals surface area contributed by atoms with Crippen LogP contribution in [0.5, 0.6) is 11.5 Å². The van der Waals surface area contributed by atoms with E-state index in [-0.39, 0.29) is 11.5 Å². The molecule has 0 N–H and O–H groups in total. The highest BCUT2D eigenvalue weighted by Crippen LogP contribution is 2.39. The number of carbonyl (C=O) groups is 1. The molecule has 0 bridgehead atoms. The molecule has 140 valence electrons. The molecule has 1 aliphatic heterocycles. The summed E-state index contributed by atoms with van der Waals surface area (Å²) < 4.78 is 17.2. The first-order valence-corrected chi connectivity index (χ1v) is 9.10. The molecule has 1 aliphatic rings. The number of carbonyl (C=O) groups excluding carboxylic acids is 1. The summed E-state index contributed by atoms with van der Waals surface area (Å²) >= 11 is 0. The lowest BCUT2D eigenvalue weighted by atomic mass is 10.1. The minimum Gasteiger partial charge on any atom is -0.489 e. The Kier molecular flexibility index (Phi) is 4.85. The molecule has 0 atom stereocenters. The molecule has 0 aliphatic carbocycles. The van der Waals surface area contributed by atoms with Crippen molar-refractivity contribution in [2.45, 2.75) is 13.8 Å². The standard InChI is InChI=1S/C24H20O4/c1-16-10-11-19(27-16)15-22-23(25)20-12-13-21(17(2)24(20)28-22)26-14-6-9-18-7-4-3-5-8-18/h3-13,15H,14H2,1-2H3/b9-6+,22-15-. The van der Waals surface area contributed by atoms with Crippen LogP contribution in [0.1, 0.15) is 33.0 Å². The SMILES string of the molecule is Cc1ccc(/C=C2\Oc3c(ccc(OC/C=C/c4ccccc4)c3C)C2=O)o1. The topological polar surface area (TPSA) is 48.7 Å². The summed E-state index contributed by atoms with van der Waals surface area (Å²) in [6.07, 6.45) is 5.59. The van der Waals surface area contributed by atoms with Crippen LogP contribution in [0.25, 0.3) is 12.2 Å². The number of rotatable bonds is 5. The Bertz CT molecular complexity index is 1070. The number of ether oxygens (including phenoxy) is 2. The van der Waals surface area contributed by atoms with E-state index in [2.05, 4.69) is 0 Å². The van der Waals surface area contributed by atoms with Crippen LogP contribution in [-0.2, 0) is 0 Å². The number of allylic oxidation sites excluding steroid dienone is 1. The predicted octanol–water partition coefficient (Wildman–Crippen LogP) is 5.60. The summed E-state index contributed by atoms with van der Waals surface area (Å²) in [7, 11) is 0. The zero-order valence-electron chi connectivity index (χ0n) is 15.8. The van der Waals surface area contributed by atoms with Crippen LogP contribution in [0.15, 0.2) is 70.8 Å². The number of fused-ring (bicyclic) bond motifs is 1. The largest absolute Gasteiger partial charge is 0.489 e. The smallest absolute Gasteiger partial charge is 0.232 e. The van der Waals surface area contributed by atoms with E-state index in [9.17, 15) is 4.79 Å². The van der Waals surface area contributed by atoms with Gasteiger partial charge in [0.05, 0.1) is 5.56 Å². The average Bonchev–Trinajstić information content (AvgIpc) is 3.25. The van der Waals surface area contributed by atoms with Crippen molar-refractivity contribution in [3.63, 3.8) is 0 Å². The molecule has 0 unspecified atom stereocenters. The van der Waals surface area contributed by atoms with Crippen molar-refractivity contribution in [3.8, 4) is 11.5 Å². The molecule has 1 aromatic heterocycles. The number of hydrogen-bond donors (Lipinski definition) is 0. The van der Waals surface area contributed by atoms with Gasteiger partial charge in [-0.05, 0) is 49.8 Å². The Hall–Kier alpha value is -3.53. The van der Waals surface area contributed by atoms with Gasteiger partial charge in [-0.2, -0.15) is 0 Å². The van der Waals surface area contributed by atoms with E-state index in [4.69, 9.17) is 13.9 Å². The van der Waals surface area contributed by atoms with Gasteiger partial charge in [0.1, 0.15) is 29.6 Å². The van der Waals surface area contributed by atoms with E-state index in [0.717, 1.165) is 16.9 Å². The molecular weight excluding hydrogens is 352 g/mol. The van der Waals surface area contributed by atoms with Crippen molar-refractivity contribution in [2.75, 3.05) is 6.61 Å². The maximum absolute atomic E-state index is 12.6. The van der Waals surface area contributed by atoms with Crippen LogP contribution in [0.2, 0.25) is 0 Å². The molecule has 0 saturated carbocycles. The molecule has 0 fully saturated rings. The van der Waals surface area contributed by atoms with Gasteiger partial charge in [-0.1, -0.05) is 36.4 Å². The van der Waals surface area contributed by atoms with Crippen molar-refractivity contribution in [2.24, 2.45) is 0 Å². The minimum absolute atomic E-state index is 0.150. The molecule has 0 amide bonds. The highest BCUT2D eigenvalue weighted by molar-refractivity contribution is 6.14. The molecular formula is C24H20O4. The normalized spacial score (nSPS) is 14.5. The van der Waals surface area contributed by atoms with Gasteiger partial charge in [0, 0.05) is 11.6 Å². The van der Waals surface area contributed by atoms with Crippen LogP contribution in [-0.4, -0.2) is 12.4 Å². The third kappa shape index (κ3) is 3.62. The second-order valence-electron chi connectivity index (χ2n) is 6.58. The fraction of sp³-hybridized carbons (Fsp3) is 0.125. The number of ketones is 1. The molecule has 0 saturated heterocycles. The van der Waals surface area contributed by atoms with Gasteiger partial charge in [0.15, 0.2) is 5.76 Å². The Morgan fingerprint density at radius 1 is 1.00 bits per heavy atom. The lowest BCUT2D eigenvalue weighted by Crippen LogP contribution is -1.97. The molecule has 2 aromatic carbocycles. The first-order valence-electron chi connectivity index (χ1n) is 9.10. The maximum Gasteiger partial charge on any atom is 0.232 e. The van der Waals surface area contributed by atoms with Crippen molar-refractivity contribution in [1.82, 2.24) is 0 Å². The van der Waals surface area contributed by atoms with E-state index in [0.29, 0.717) is 29.4 Å². The minimum atomic E-state index is -0.150. The predicted molar refractivity (Wildman–Crippen MR) is 109 cm³/mol. The highest BCUT2D eigenvalue weighted by Gasteiger charge is 2.30. The lowest BCUT2D eigenvalue weighted by molar-refractivity contribution is 0.101. The second-order valence-corrected chi connectivity index (χ2v) is 6.58. The first-order chi connectivity index (χ1) is 13.6. The average molecular weight is 372 g/mol. The van der Waals surface area contributed by atoms with E-state index in [1.54, 1.807) is 12.1 Å². The van der Waals surface area contributed by atoms with Gasteiger partial charge in [0.2, 0.25) is 5.78 Å². The maximum atomic E-state index is 12.6. The van der Waals surface area contributed by atoms with Gasteiger partial charge >= 0.3 is 0 Å². The lowest BCUT2D eigenvalue weighted by Gasteiger charge is -2.09. The second kappa shape index (κ2) is 7.61. The summed E-state index contributed by atoms with van der Waals surface area (Å²) in [5.41, 5.74) is 2.46. The third-order valence-corrected chi connectivity index (χ3v) is 4.52. The molecule has 0 radical (unpaired) electrons. The van der Waals surface area contributed by atoms with Gasteiger partial charge in [-0.3, -0.25) is 4.79 Å². The van der Waals surface area contributed by atoms with Gasteiger partial charge in [-0.25, -0.2) is 0 Å². The first kappa shape index (κ1) is 17.9. The number of hydrogen-bond acceptors (Lipinski definition) is 4. The third-order valence-electron chi connectivity index (χ3n) is 4.52. The van der Waals surface area contributed by atoms with Crippen LogP contribution in [0, 0.1) is 13.8 Å². The van der Waals surface area contributed by atoms with Crippen LogP contribution in [0.4, 0.5) is 0 Å². The van der Waals surface area contributed by atoms with Crippen molar-refractivity contribution in [1.29, 1.82) is 0 Å². The quantitative estimate of drug-likeness (QED) is 0.547. The molecule has 4 nitrogen and oxygen atoms in total. The van der Waals surface area contributed by atoms with Crippen molar-refractivity contribution < 1.29 is 18.7 Å². The number of Topliss-reactive ketones (excluding diaryl/α,β-unsaturated/α-hetero) is 1. The van der Waals surface area contributed by atoms with E-state index < -0.39 is 0 Å². The molecule has 2 heterocycles. The molecule has 0 spiro atoms. The van der Waals surface area contributed by atoms with E-state index in [1.807, 2.05) is 74.5 Å². The fourth-order valence-corrected chi connectivity index (χ4v) is 3.07. The number of aryl methyl sites for hydroxylation is 1. The summed E-state index contributed by atoms with van der Waals surface area (Å²) in [6, 6.07) is 17.3. The summed E-state index contributed by atoms with van der Waals surface area (Å²) in [6.45, 7) is 4.17. The summed E-state index contributed by atoms with van der Waals surface area (Å²) in [5, 5.41) is 0. The van der Waals surface area contributed by atoms with Gasteiger partial charge in [-0.15, -0.1) is 0 Å². The van der Waals surface area contributed by atoms with E-state index >= 15 is 0 Å². The summed E-state index contributed by atoms with van der Waals surface area (Å²) in [4.78, 5) is 12.6. The highest BCUT2D eigenvalue weighted by atomic mass is 16.5. The zero-order chi connectivity index (χ0) is 19.5. The van der Waals surface area contributed by atoms with E-state index in [1.165, 1.54) is 0 Å². The van der Waals surface area contributed by atoms with Gasteiger partial charge in [0.25, 0.3) is 0 Å². The number of furan rings is 1. The zero-order valence-corrected chi connectivity index (χ0v) is 15.8. The van der Waals surface area contributed by atoms with Crippen molar-refractivity contribution >= 4 is 17.9 Å². The fourth-order valence-electron chi connectivity index (χ4n) is 3.07. The Morgan fingerprint density at radius 2 is 1.82 bits per heavy atom.